The second-order valence-corrected chi connectivity index (χ2v) is 1.86. The number of hydrogen-bond donors (Lipinski definition) is 2. The molecular formula is C2H2N2OS2. The van der Waals surface area contributed by atoms with E-state index in [9.17, 15) is 0 Å². The summed E-state index contributed by atoms with van der Waals surface area (Å²) in [5.41, 5.74) is 0. The zero-order valence-corrected chi connectivity index (χ0v) is 4.91. The van der Waals surface area contributed by atoms with Crippen molar-refractivity contribution in [2.24, 2.45) is 0 Å². The molecule has 0 aliphatic carbocycles. The van der Waals surface area contributed by atoms with E-state index in [2.05, 4.69) is 21.4 Å². The van der Waals surface area contributed by atoms with Crippen molar-refractivity contribution >= 4 is 24.4 Å². The second-order valence-electron chi connectivity index (χ2n) is 0.911. The molecule has 1 N–H and O–H groups in total. The van der Waals surface area contributed by atoms with Gasteiger partial charge in [0.15, 0.2) is 5.03 Å². The van der Waals surface area contributed by atoms with E-state index in [0.717, 1.165) is 11.7 Å². The Labute approximate surface area is 49.7 Å². The highest BCUT2D eigenvalue weighted by atomic mass is 32.1. The van der Waals surface area contributed by atoms with Crippen LogP contribution in [0.4, 0.5) is 0 Å². The lowest BCUT2D eigenvalue weighted by Gasteiger charge is -1.73. The van der Waals surface area contributed by atoms with Gasteiger partial charge in [-0.3, -0.25) is 0 Å². The minimum absolute atomic E-state index is 0.0895. The van der Waals surface area contributed by atoms with Gasteiger partial charge < -0.3 is 5.11 Å². The SMILES string of the molecule is Oc1nsnc1S. The normalized spacial score (nSPS) is 9.29. The van der Waals surface area contributed by atoms with Crippen LogP contribution in [0.1, 0.15) is 0 Å². The van der Waals surface area contributed by atoms with Crippen LogP contribution >= 0.6 is 24.4 Å². The second kappa shape index (κ2) is 1.67. The molecule has 0 aliphatic rings. The van der Waals surface area contributed by atoms with E-state index in [1.807, 2.05) is 0 Å². The molecule has 0 unspecified atom stereocenters. The number of hydrogen-bond acceptors (Lipinski definition) is 5. The van der Waals surface area contributed by atoms with Crippen LogP contribution in [0.5, 0.6) is 5.88 Å². The van der Waals surface area contributed by atoms with E-state index in [0.29, 0.717) is 5.03 Å². The lowest BCUT2D eigenvalue weighted by Crippen LogP contribution is -1.59. The van der Waals surface area contributed by atoms with Crippen molar-refractivity contribution in [1.82, 2.24) is 8.75 Å². The van der Waals surface area contributed by atoms with Crippen molar-refractivity contribution in [2.75, 3.05) is 0 Å². The predicted molar refractivity (Wildman–Crippen MR) is 28.8 cm³/mol. The summed E-state index contributed by atoms with van der Waals surface area (Å²) < 4.78 is 6.99. The molecule has 0 saturated heterocycles. The Bertz CT molecular complexity index is 146. The van der Waals surface area contributed by atoms with Crippen molar-refractivity contribution in [3.05, 3.63) is 0 Å². The van der Waals surface area contributed by atoms with Gasteiger partial charge in [0.05, 0.1) is 11.7 Å². The molecule has 0 aliphatic heterocycles. The minimum Gasteiger partial charge on any atom is -0.491 e. The third kappa shape index (κ3) is 0.834. The highest BCUT2D eigenvalue weighted by Crippen LogP contribution is 2.15. The van der Waals surface area contributed by atoms with E-state index in [1.54, 1.807) is 0 Å². The Morgan fingerprint density at radius 2 is 2.29 bits per heavy atom. The van der Waals surface area contributed by atoms with E-state index in [1.165, 1.54) is 0 Å². The number of rotatable bonds is 0. The monoisotopic (exact) mass is 134 g/mol. The van der Waals surface area contributed by atoms with Gasteiger partial charge in [-0.1, -0.05) is 0 Å². The van der Waals surface area contributed by atoms with Crippen molar-refractivity contribution < 1.29 is 5.11 Å². The van der Waals surface area contributed by atoms with Gasteiger partial charge in [0.2, 0.25) is 0 Å². The van der Waals surface area contributed by atoms with Gasteiger partial charge in [-0.15, -0.1) is 17.0 Å². The molecule has 0 atom stereocenters. The highest BCUT2D eigenvalue weighted by Gasteiger charge is 1.96. The first-order chi connectivity index (χ1) is 3.30. The molecule has 1 heterocycles. The first kappa shape index (κ1) is 4.86. The minimum atomic E-state index is -0.0895. The quantitative estimate of drug-likeness (QED) is 0.509. The summed E-state index contributed by atoms with van der Waals surface area (Å²) >= 11 is 4.68. The Morgan fingerprint density at radius 3 is 2.43 bits per heavy atom. The Hall–Kier alpha value is -0.290. The van der Waals surface area contributed by atoms with Crippen LogP contribution in [0.25, 0.3) is 0 Å². The maximum Gasteiger partial charge on any atom is 0.257 e. The van der Waals surface area contributed by atoms with Crippen molar-refractivity contribution in [1.29, 1.82) is 0 Å². The molecule has 1 aromatic heterocycles. The average Bonchev–Trinajstić information content (AvgIpc) is 1.91. The molecule has 0 saturated carbocycles. The van der Waals surface area contributed by atoms with Crippen molar-refractivity contribution in [2.45, 2.75) is 5.03 Å². The van der Waals surface area contributed by atoms with Gasteiger partial charge in [-0.05, 0) is 0 Å². The summed E-state index contributed by atoms with van der Waals surface area (Å²) in [6.45, 7) is 0. The fourth-order valence-corrected chi connectivity index (χ4v) is 0.770. The zero-order chi connectivity index (χ0) is 5.28. The van der Waals surface area contributed by atoms with Crippen LogP contribution < -0.4 is 0 Å². The number of aromatic nitrogens is 2. The summed E-state index contributed by atoms with van der Waals surface area (Å²) in [4.78, 5) is 0. The van der Waals surface area contributed by atoms with Crippen LogP contribution in [0.2, 0.25) is 0 Å². The molecule has 1 rings (SSSR count). The average molecular weight is 134 g/mol. The molecule has 0 radical (unpaired) electrons. The molecule has 0 bridgehead atoms. The lowest BCUT2D eigenvalue weighted by atomic mass is 10.9. The van der Waals surface area contributed by atoms with Crippen LogP contribution in [0.3, 0.4) is 0 Å². The first-order valence-corrected chi connectivity index (χ1v) is 2.69. The molecule has 3 nitrogen and oxygen atoms in total. The standard InChI is InChI=1S/C2H2N2OS2/c5-1-2(6)4-7-3-1/h(H,3,5)(H,4,6). The van der Waals surface area contributed by atoms with Crippen LogP contribution in [0.15, 0.2) is 5.03 Å². The van der Waals surface area contributed by atoms with Gasteiger partial charge in [0.1, 0.15) is 0 Å². The van der Waals surface area contributed by atoms with E-state index >= 15 is 0 Å². The fraction of sp³-hybridized carbons (Fsp3) is 0. The largest absolute Gasteiger partial charge is 0.491 e. The number of aromatic hydroxyl groups is 1. The maximum absolute atomic E-state index is 8.52. The molecule has 1 aromatic rings. The Morgan fingerprint density at radius 1 is 1.57 bits per heavy atom. The lowest BCUT2D eigenvalue weighted by molar-refractivity contribution is 0.444. The Kier molecular flexibility index (Phi) is 1.16. The van der Waals surface area contributed by atoms with E-state index < -0.39 is 0 Å². The summed E-state index contributed by atoms with van der Waals surface area (Å²) in [6.07, 6.45) is 0. The molecule has 5 heteroatoms. The van der Waals surface area contributed by atoms with Gasteiger partial charge in [-0.2, -0.15) is 4.37 Å². The van der Waals surface area contributed by atoms with Crippen molar-refractivity contribution in [3.63, 3.8) is 0 Å². The smallest absolute Gasteiger partial charge is 0.257 e. The van der Waals surface area contributed by atoms with Crippen LogP contribution in [-0.2, 0) is 0 Å². The van der Waals surface area contributed by atoms with Gasteiger partial charge in [-0.25, -0.2) is 0 Å². The molecular weight excluding hydrogens is 132 g/mol. The summed E-state index contributed by atoms with van der Waals surface area (Å²) in [6, 6.07) is 0. The fourth-order valence-electron chi connectivity index (χ4n) is 0.179. The third-order valence-corrected chi connectivity index (χ3v) is 1.41. The highest BCUT2D eigenvalue weighted by molar-refractivity contribution is 7.80. The number of thiol groups is 1. The molecule has 0 fully saturated rings. The van der Waals surface area contributed by atoms with Crippen molar-refractivity contribution in [3.8, 4) is 5.88 Å². The molecule has 38 valence electrons. The van der Waals surface area contributed by atoms with E-state index in [4.69, 9.17) is 5.11 Å². The molecule has 0 amide bonds. The van der Waals surface area contributed by atoms with Gasteiger partial charge in [0.25, 0.3) is 5.88 Å². The van der Waals surface area contributed by atoms with Crippen LogP contribution in [-0.4, -0.2) is 13.9 Å². The van der Waals surface area contributed by atoms with Gasteiger partial charge in [0, 0.05) is 0 Å². The summed E-state index contributed by atoms with van der Waals surface area (Å²) in [5.74, 6) is -0.0895. The first-order valence-electron chi connectivity index (χ1n) is 1.51. The molecule has 7 heavy (non-hydrogen) atoms. The summed E-state index contributed by atoms with van der Waals surface area (Å²) in [7, 11) is 0. The Balaban J connectivity index is 3.12. The number of nitrogens with zero attached hydrogens (tertiary/aromatic N) is 2. The topological polar surface area (TPSA) is 46.0 Å². The van der Waals surface area contributed by atoms with Gasteiger partial charge >= 0.3 is 0 Å². The van der Waals surface area contributed by atoms with E-state index in [-0.39, 0.29) is 5.88 Å². The maximum atomic E-state index is 8.52. The third-order valence-electron chi connectivity index (χ3n) is 0.455. The zero-order valence-electron chi connectivity index (χ0n) is 3.20. The van der Waals surface area contributed by atoms with Crippen LogP contribution in [0, 0.1) is 0 Å². The summed E-state index contributed by atoms with van der Waals surface area (Å²) in [5, 5.41) is 8.82. The molecule has 0 spiro atoms. The predicted octanol–water partition coefficient (Wildman–Crippen LogP) is 0.532. The molecule has 0 aromatic carbocycles.